The second-order valence-corrected chi connectivity index (χ2v) is 6.11. The predicted molar refractivity (Wildman–Crippen MR) is 68.6 cm³/mol. The van der Waals surface area contributed by atoms with Crippen molar-refractivity contribution >= 4 is 23.4 Å². The van der Waals surface area contributed by atoms with Gasteiger partial charge in [0.2, 0.25) is 5.91 Å². The molecule has 1 unspecified atom stereocenters. The summed E-state index contributed by atoms with van der Waals surface area (Å²) in [6.07, 6.45) is 0. The van der Waals surface area contributed by atoms with Crippen LogP contribution in [0.15, 0.2) is 29.2 Å². The summed E-state index contributed by atoms with van der Waals surface area (Å²) in [5.74, 6) is -0.0125. The maximum absolute atomic E-state index is 12.4. The Labute approximate surface area is 105 Å². The van der Waals surface area contributed by atoms with Crippen LogP contribution in [0.25, 0.3) is 0 Å². The van der Waals surface area contributed by atoms with Crippen LogP contribution in [0.4, 0.5) is 5.69 Å². The van der Waals surface area contributed by atoms with Crippen molar-refractivity contribution in [3.63, 3.8) is 0 Å². The van der Waals surface area contributed by atoms with Gasteiger partial charge in [-0.2, -0.15) is 5.26 Å². The lowest BCUT2D eigenvalue weighted by molar-refractivity contribution is -0.125. The van der Waals surface area contributed by atoms with Gasteiger partial charge in [-0.25, -0.2) is 0 Å². The van der Waals surface area contributed by atoms with Crippen molar-refractivity contribution < 1.29 is 4.79 Å². The van der Waals surface area contributed by atoms with Gasteiger partial charge in [-0.15, -0.1) is 0 Å². The highest BCUT2D eigenvalue weighted by Crippen LogP contribution is 2.44. The number of nitrogens with zero attached hydrogens (tertiary/aromatic N) is 2. The van der Waals surface area contributed by atoms with Crippen LogP contribution in [0, 0.1) is 16.7 Å². The number of anilines is 1. The van der Waals surface area contributed by atoms with Crippen LogP contribution >= 0.6 is 11.8 Å². The highest BCUT2D eigenvalue weighted by atomic mass is 32.2. The minimum Gasteiger partial charge on any atom is -0.285 e. The summed E-state index contributed by atoms with van der Waals surface area (Å²) >= 11 is 1.43. The van der Waals surface area contributed by atoms with Crippen LogP contribution in [0.2, 0.25) is 0 Å². The van der Waals surface area contributed by atoms with Crippen LogP contribution in [-0.4, -0.2) is 11.3 Å². The molecule has 3 nitrogen and oxygen atoms in total. The molecule has 0 spiro atoms. The molecule has 17 heavy (non-hydrogen) atoms. The van der Waals surface area contributed by atoms with Crippen molar-refractivity contribution in [2.24, 2.45) is 5.41 Å². The second kappa shape index (κ2) is 4.08. The van der Waals surface area contributed by atoms with Gasteiger partial charge < -0.3 is 0 Å². The first-order valence-electron chi connectivity index (χ1n) is 5.44. The van der Waals surface area contributed by atoms with E-state index < -0.39 is 10.8 Å². The first-order valence-corrected chi connectivity index (χ1v) is 6.32. The molecule has 0 saturated carbocycles. The molecule has 0 aromatic heterocycles. The molecule has 1 aliphatic heterocycles. The predicted octanol–water partition coefficient (Wildman–Crippen LogP) is 3.02. The summed E-state index contributed by atoms with van der Waals surface area (Å²) < 4.78 is 0. The number of hydrogen-bond acceptors (Lipinski definition) is 3. The van der Waals surface area contributed by atoms with E-state index in [1.54, 1.807) is 4.90 Å². The van der Waals surface area contributed by atoms with Gasteiger partial charge in [0, 0.05) is 10.3 Å². The summed E-state index contributed by atoms with van der Waals surface area (Å²) in [6.45, 7) is 5.61. The molecule has 1 aromatic carbocycles. The van der Waals surface area contributed by atoms with Gasteiger partial charge >= 0.3 is 0 Å². The Morgan fingerprint density at radius 1 is 1.41 bits per heavy atom. The summed E-state index contributed by atoms with van der Waals surface area (Å²) in [6, 6.07) is 9.83. The Bertz CT molecular complexity index is 499. The van der Waals surface area contributed by atoms with Crippen molar-refractivity contribution in [2.45, 2.75) is 31.0 Å². The van der Waals surface area contributed by atoms with E-state index in [1.807, 2.05) is 45.0 Å². The molecule has 0 aliphatic carbocycles. The van der Waals surface area contributed by atoms with Crippen LogP contribution < -0.4 is 4.90 Å². The van der Waals surface area contributed by atoms with E-state index in [0.717, 1.165) is 10.6 Å². The van der Waals surface area contributed by atoms with Gasteiger partial charge in [0.25, 0.3) is 0 Å². The number of amides is 1. The normalized spacial score (nSPS) is 18.7. The van der Waals surface area contributed by atoms with Gasteiger partial charge in [0.15, 0.2) is 5.37 Å². The minimum atomic E-state index is -0.479. The Hall–Kier alpha value is -1.47. The van der Waals surface area contributed by atoms with Gasteiger partial charge in [0.05, 0.1) is 11.8 Å². The number of para-hydroxylation sites is 1. The van der Waals surface area contributed by atoms with E-state index >= 15 is 0 Å². The van der Waals surface area contributed by atoms with Gasteiger partial charge in [-0.3, -0.25) is 9.69 Å². The third kappa shape index (κ3) is 2.03. The van der Waals surface area contributed by atoms with Crippen molar-refractivity contribution in [1.82, 2.24) is 0 Å². The quantitative estimate of drug-likeness (QED) is 0.706. The van der Waals surface area contributed by atoms with Gasteiger partial charge in [-0.1, -0.05) is 44.7 Å². The number of rotatable bonds is 0. The summed E-state index contributed by atoms with van der Waals surface area (Å²) in [7, 11) is 0. The molecule has 0 saturated heterocycles. The molecule has 88 valence electrons. The molecule has 2 rings (SSSR count). The summed E-state index contributed by atoms with van der Waals surface area (Å²) in [5.41, 5.74) is 0.372. The molecule has 1 atom stereocenters. The highest BCUT2D eigenvalue weighted by molar-refractivity contribution is 8.00. The van der Waals surface area contributed by atoms with Crippen LogP contribution in [0.3, 0.4) is 0 Å². The fourth-order valence-corrected chi connectivity index (χ4v) is 2.77. The summed E-state index contributed by atoms with van der Waals surface area (Å²) in [5, 5.41) is 8.71. The lowest BCUT2D eigenvalue weighted by Gasteiger charge is -2.27. The fourth-order valence-electron chi connectivity index (χ4n) is 1.72. The van der Waals surface area contributed by atoms with E-state index in [1.165, 1.54) is 11.8 Å². The number of benzene rings is 1. The molecule has 1 heterocycles. The van der Waals surface area contributed by atoms with Crippen molar-refractivity contribution in [3.8, 4) is 6.07 Å². The van der Waals surface area contributed by atoms with Crippen molar-refractivity contribution in [1.29, 1.82) is 5.26 Å². The average molecular weight is 246 g/mol. The number of nitriles is 1. The zero-order valence-corrected chi connectivity index (χ0v) is 10.9. The Kier molecular flexibility index (Phi) is 2.88. The van der Waals surface area contributed by atoms with Crippen LogP contribution in [0.1, 0.15) is 20.8 Å². The minimum absolute atomic E-state index is 0.0125. The third-order valence-corrected chi connectivity index (χ3v) is 3.71. The Morgan fingerprint density at radius 2 is 2.06 bits per heavy atom. The first kappa shape index (κ1) is 12.0. The second-order valence-electron chi connectivity index (χ2n) is 4.99. The monoisotopic (exact) mass is 246 g/mol. The number of carbonyl (C=O) groups excluding carboxylic acids is 1. The lowest BCUT2D eigenvalue weighted by Crippen LogP contribution is -2.42. The number of carbonyl (C=O) groups is 1. The molecule has 0 fully saturated rings. The standard InChI is InChI=1S/C13H14N2OS/c1-13(2,3)12(16)15-9-6-4-5-7-10(9)17-11(15)8-14/h4-7,11H,1-3H3. The Morgan fingerprint density at radius 3 is 2.65 bits per heavy atom. The summed E-state index contributed by atoms with van der Waals surface area (Å²) in [4.78, 5) is 15.0. The van der Waals surface area contributed by atoms with Crippen LogP contribution in [-0.2, 0) is 4.79 Å². The first-order chi connectivity index (χ1) is 7.95. The Balaban J connectivity index is 2.45. The third-order valence-electron chi connectivity index (χ3n) is 2.57. The van der Waals surface area contributed by atoms with Gasteiger partial charge in [-0.05, 0) is 12.1 Å². The van der Waals surface area contributed by atoms with Crippen LogP contribution in [0.5, 0.6) is 0 Å². The zero-order valence-electron chi connectivity index (χ0n) is 10.1. The largest absolute Gasteiger partial charge is 0.285 e. The van der Waals surface area contributed by atoms with E-state index in [2.05, 4.69) is 6.07 Å². The van der Waals surface area contributed by atoms with E-state index in [9.17, 15) is 4.79 Å². The van der Waals surface area contributed by atoms with E-state index in [0.29, 0.717) is 0 Å². The number of hydrogen-bond donors (Lipinski definition) is 0. The topological polar surface area (TPSA) is 44.1 Å². The molecule has 0 radical (unpaired) electrons. The number of fused-ring (bicyclic) bond motifs is 1. The number of thioether (sulfide) groups is 1. The van der Waals surface area contributed by atoms with Crippen molar-refractivity contribution in [3.05, 3.63) is 24.3 Å². The molecule has 1 aliphatic rings. The molecular weight excluding hydrogens is 232 g/mol. The van der Waals surface area contributed by atoms with Gasteiger partial charge in [0.1, 0.15) is 0 Å². The molecule has 4 heteroatoms. The lowest BCUT2D eigenvalue weighted by atomic mass is 9.94. The maximum atomic E-state index is 12.4. The molecule has 1 aromatic rings. The fraction of sp³-hybridized carbons (Fsp3) is 0.385. The van der Waals surface area contributed by atoms with Crippen molar-refractivity contribution in [2.75, 3.05) is 4.90 Å². The SMILES string of the molecule is CC(C)(C)C(=O)N1c2ccccc2SC1C#N. The van der Waals surface area contributed by atoms with E-state index in [4.69, 9.17) is 5.26 Å². The molecule has 0 bridgehead atoms. The molecule has 1 amide bonds. The smallest absolute Gasteiger partial charge is 0.234 e. The molecule has 0 N–H and O–H groups in total. The maximum Gasteiger partial charge on any atom is 0.234 e. The van der Waals surface area contributed by atoms with E-state index in [-0.39, 0.29) is 5.91 Å². The molecular formula is C13H14N2OS. The average Bonchev–Trinajstić information content (AvgIpc) is 2.64. The highest BCUT2D eigenvalue weighted by Gasteiger charge is 2.39. The zero-order chi connectivity index (χ0) is 12.6.